The van der Waals surface area contributed by atoms with Gasteiger partial charge in [-0.05, 0) is 66.8 Å². The fourth-order valence-electron chi connectivity index (χ4n) is 3.24. The summed E-state index contributed by atoms with van der Waals surface area (Å²) in [6.07, 6.45) is -2.73. The van der Waals surface area contributed by atoms with Crippen molar-refractivity contribution in [2.24, 2.45) is 5.90 Å². The van der Waals surface area contributed by atoms with E-state index in [1.807, 2.05) is 19.9 Å². The molecule has 162 valence electrons. The maximum Gasteiger partial charge on any atom is 0.573 e. The Bertz CT molecular complexity index is 903. The van der Waals surface area contributed by atoms with Gasteiger partial charge >= 0.3 is 6.36 Å². The van der Waals surface area contributed by atoms with Crippen molar-refractivity contribution in [2.75, 3.05) is 6.61 Å². The van der Waals surface area contributed by atoms with E-state index in [0.29, 0.717) is 5.56 Å². The predicted molar refractivity (Wildman–Crippen MR) is 110 cm³/mol. The fraction of sp³-hybridized carbons (Fsp3) is 0.348. The van der Waals surface area contributed by atoms with Crippen LogP contribution < -0.4 is 10.6 Å². The highest BCUT2D eigenvalue weighted by Crippen LogP contribution is 2.28. The molecule has 0 saturated carbocycles. The van der Waals surface area contributed by atoms with Crippen molar-refractivity contribution in [1.82, 2.24) is 0 Å². The summed E-state index contributed by atoms with van der Waals surface area (Å²) in [5.74, 6) is 4.75. The summed E-state index contributed by atoms with van der Waals surface area (Å²) in [5, 5.41) is 0. The number of aryl methyl sites for hydroxylation is 2. The zero-order chi connectivity index (χ0) is 22.3. The smallest absolute Gasteiger partial charge is 0.406 e. The molecular formula is C23H26F3NO3. The molecule has 0 saturated heterocycles. The van der Waals surface area contributed by atoms with Gasteiger partial charge in [0.2, 0.25) is 0 Å². The van der Waals surface area contributed by atoms with Crippen LogP contribution in [0.25, 0.3) is 5.57 Å². The van der Waals surface area contributed by atoms with E-state index < -0.39 is 6.36 Å². The molecule has 0 bridgehead atoms. The van der Waals surface area contributed by atoms with E-state index in [1.54, 1.807) is 0 Å². The number of carbonyl (C=O) groups excluding carboxylic acids is 1. The van der Waals surface area contributed by atoms with Gasteiger partial charge in [0.25, 0.3) is 0 Å². The Morgan fingerprint density at radius 2 is 1.77 bits per heavy atom. The summed E-state index contributed by atoms with van der Waals surface area (Å²) in [6, 6.07) is 11.1. The lowest BCUT2D eigenvalue weighted by atomic mass is 9.91. The molecule has 0 amide bonds. The second-order valence-electron chi connectivity index (χ2n) is 7.14. The second-order valence-corrected chi connectivity index (χ2v) is 7.14. The van der Waals surface area contributed by atoms with Gasteiger partial charge < -0.3 is 4.74 Å². The molecule has 7 heteroatoms. The standard InChI is InChI=1S/C23H26F3NO3/c1-4-5-17-7-6-15(2)20(13-17)21(14-29-27)16(3)12-22(28)18-8-10-19(11-9-18)30-23(24,25)26/h6-11,13H,4-5,12,14,27H2,1-3H3/b21-16-. The molecular weight excluding hydrogens is 395 g/mol. The average Bonchev–Trinajstić information content (AvgIpc) is 2.67. The molecule has 0 unspecified atom stereocenters. The number of allylic oxidation sites excluding steroid dienone is 1. The van der Waals surface area contributed by atoms with Crippen LogP contribution >= 0.6 is 0 Å². The number of nitrogens with two attached hydrogens (primary N) is 1. The first kappa shape index (κ1) is 23.6. The van der Waals surface area contributed by atoms with Crippen LogP contribution in [0.15, 0.2) is 48.0 Å². The van der Waals surface area contributed by atoms with E-state index in [9.17, 15) is 18.0 Å². The lowest BCUT2D eigenvalue weighted by Crippen LogP contribution is -2.17. The number of ether oxygens (including phenoxy) is 1. The molecule has 0 aromatic heterocycles. The molecule has 2 aromatic rings. The number of rotatable bonds is 9. The van der Waals surface area contributed by atoms with Crippen molar-refractivity contribution < 1.29 is 27.5 Å². The van der Waals surface area contributed by atoms with Crippen LogP contribution in [-0.4, -0.2) is 18.8 Å². The molecule has 0 aliphatic heterocycles. The second kappa shape index (κ2) is 10.4. The number of hydrogen-bond donors (Lipinski definition) is 1. The Kier molecular flexibility index (Phi) is 8.20. The fourth-order valence-corrected chi connectivity index (χ4v) is 3.24. The Hall–Kier alpha value is -2.64. The van der Waals surface area contributed by atoms with Gasteiger partial charge in [-0.15, -0.1) is 13.2 Å². The van der Waals surface area contributed by atoms with Gasteiger partial charge in [-0.3, -0.25) is 9.63 Å². The molecule has 2 aromatic carbocycles. The van der Waals surface area contributed by atoms with Crippen molar-refractivity contribution >= 4 is 11.4 Å². The van der Waals surface area contributed by atoms with Crippen molar-refractivity contribution in [1.29, 1.82) is 0 Å². The van der Waals surface area contributed by atoms with Crippen molar-refractivity contribution in [3.05, 3.63) is 70.3 Å². The average molecular weight is 421 g/mol. The zero-order valence-corrected chi connectivity index (χ0v) is 17.3. The molecule has 0 heterocycles. The highest BCUT2D eigenvalue weighted by atomic mass is 19.4. The molecule has 0 fully saturated rings. The van der Waals surface area contributed by atoms with Crippen molar-refractivity contribution in [2.45, 2.75) is 46.4 Å². The summed E-state index contributed by atoms with van der Waals surface area (Å²) in [4.78, 5) is 17.6. The normalized spacial score (nSPS) is 12.5. The number of hydrogen-bond acceptors (Lipinski definition) is 4. The van der Waals surface area contributed by atoms with Crippen molar-refractivity contribution in [3.8, 4) is 5.75 Å². The highest BCUT2D eigenvalue weighted by molar-refractivity contribution is 5.98. The lowest BCUT2D eigenvalue weighted by Gasteiger charge is -2.16. The first-order valence-electron chi connectivity index (χ1n) is 9.63. The third kappa shape index (κ3) is 6.71. The summed E-state index contributed by atoms with van der Waals surface area (Å²) >= 11 is 0. The minimum Gasteiger partial charge on any atom is -0.406 e. The Labute approximate surface area is 174 Å². The monoisotopic (exact) mass is 421 g/mol. The van der Waals surface area contributed by atoms with Gasteiger partial charge in [0.1, 0.15) is 5.75 Å². The van der Waals surface area contributed by atoms with E-state index in [1.165, 1.54) is 17.7 Å². The van der Waals surface area contributed by atoms with Crippen LogP contribution in [0.2, 0.25) is 0 Å². The summed E-state index contributed by atoms with van der Waals surface area (Å²) < 4.78 is 40.7. The first-order valence-corrected chi connectivity index (χ1v) is 9.63. The van der Waals surface area contributed by atoms with E-state index in [0.717, 1.165) is 47.2 Å². The first-order chi connectivity index (χ1) is 14.1. The molecule has 0 spiro atoms. The van der Waals surface area contributed by atoms with Crippen molar-refractivity contribution in [3.63, 3.8) is 0 Å². The van der Waals surface area contributed by atoms with Gasteiger partial charge in [-0.1, -0.05) is 37.1 Å². The highest BCUT2D eigenvalue weighted by Gasteiger charge is 2.31. The number of ketones is 1. The Balaban J connectivity index is 2.27. The summed E-state index contributed by atoms with van der Waals surface area (Å²) in [6.45, 7) is 6.07. The summed E-state index contributed by atoms with van der Waals surface area (Å²) in [7, 11) is 0. The Morgan fingerprint density at radius 3 is 2.33 bits per heavy atom. The number of alkyl halides is 3. The third-order valence-corrected chi connectivity index (χ3v) is 4.74. The quantitative estimate of drug-likeness (QED) is 0.412. The van der Waals surface area contributed by atoms with Gasteiger partial charge in [0.15, 0.2) is 5.78 Å². The molecule has 0 aliphatic carbocycles. The predicted octanol–water partition coefficient (Wildman–Crippen LogP) is 5.78. The minimum absolute atomic E-state index is 0.0929. The lowest BCUT2D eigenvalue weighted by molar-refractivity contribution is -0.274. The number of benzene rings is 2. The van der Waals surface area contributed by atoms with Crippen LogP contribution in [0.5, 0.6) is 5.75 Å². The maximum absolute atomic E-state index is 12.7. The van der Waals surface area contributed by atoms with Gasteiger partial charge in [-0.2, -0.15) is 0 Å². The topological polar surface area (TPSA) is 61.5 Å². The molecule has 2 N–H and O–H groups in total. The van der Waals surface area contributed by atoms with Gasteiger partial charge in [-0.25, -0.2) is 5.90 Å². The minimum atomic E-state index is -4.77. The van der Waals surface area contributed by atoms with Gasteiger partial charge in [0.05, 0.1) is 6.61 Å². The van der Waals surface area contributed by atoms with Crippen LogP contribution in [0, 0.1) is 6.92 Å². The van der Waals surface area contributed by atoms with E-state index in [-0.39, 0.29) is 24.6 Å². The molecule has 30 heavy (non-hydrogen) atoms. The van der Waals surface area contributed by atoms with Crippen LogP contribution in [0.4, 0.5) is 13.2 Å². The van der Waals surface area contributed by atoms with Crippen LogP contribution in [0.3, 0.4) is 0 Å². The number of Topliss-reactive ketones (excluding diaryl/α,β-unsaturated/α-hetero) is 1. The van der Waals surface area contributed by atoms with Gasteiger partial charge in [0, 0.05) is 12.0 Å². The zero-order valence-electron chi connectivity index (χ0n) is 17.3. The summed E-state index contributed by atoms with van der Waals surface area (Å²) in [5.41, 5.74) is 5.13. The largest absolute Gasteiger partial charge is 0.573 e. The molecule has 0 radical (unpaired) electrons. The van der Waals surface area contributed by atoms with Crippen LogP contribution in [0.1, 0.15) is 53.7 Å². The molecule has 0 atom stereocenters. The molecule has 4 nitrogen and oxygen atoms in total. The van der Waals surface area contributed by atoms with E-state index in [2.05, 4.69) is 23.8 Å². The molecule has 2 rings (SSSR count). The molecule has 0 aliphatic rings. The number of halogens is 3. The number of carbonyl (C=O) groups is 1. The maximum atomic E-state index is 12.7. The SMILES string of the molecule is CCCc1ccc(C)c(/C(CON)=C(/C)CC(=O)c2ccc(OC(F)(F)F)cc2)c1. The van der Waals surface area contributed by atoms with E-state index in [4.69, 9.17) is 10.7 Å². The third-order valence-electron chi connectivity index (χ3n) is 4.74. The van der Waals surface area contributed by atoms with E-state index >= 15 is 0 Å². The Morgan fingerprint density at radius 1 is 1.10 bits per heavy atom. The van der Waals surface area contributed by atoms with Crippen LogP contribution in [-0.2, 0) is 11.3 Å².